The topological polar surface area (TPSA) is 49.3 Å². The largest absolute Gasteiger partial charge is 0.507 e. The first-order valence-corrected chi connectivity index (χ1v) is 6.45. The zero-order chi connectivity index (χ0) is 13.8. The summed E-state index contributed by atoms with van der Waals surface area (Å²) >= 11 is 0. The second kappa shape index (κ2) is 5.57. The van der Waals surface area contributed by atoms with Crippen molar-refractivity contribution in [1.82, 2.24) is 0 Å². The first-order valence-electron chi connectivity index (χ1n) is 6.45. The van der Waals surface area contributed by atoms with Crippen molar-refractivity contribution in [3.8, 4) is 16.9 Å². The standard InChI is InChI=1S/C14H11NO2.C2H6/c16-13-4-2-1-3-11(13)9-5-6-10-8-14(17)15-12(10)7-9;1-2/h1-7,16H,8H2,(H,15,17);1-2H3. The molecule has 2 aromatic carbocycles. The highest BCUT2D eigenvalue weighted by molar-refractivity contribution is 6.00. The Morgan fingerprint density at radius 3 is 2.58 bits per heavy atom. The zero-order valence-electron chi connectivity index (χ0n) is 11.1. The van der Waals surface area contributed by atoms with Crippen LogP contribution in [-0.4, -0.2) is 11.0 Å². The molecule has 0 saturated carbocycles. The van der Waals surface area contributed by atoms with Gasteiger partial charge in [0.15, 0.2) is 0 Å². The Hall–Kier alpha value is -2.29. The fourth-order valence-corrected chi connectivity index (χ4v) is 2.10. The van der Waals surface area contributed by atoms with Gasteiger partial charge in [-0.15, -0.1) is 0 Å². The van der Waals surface area contributed by atoms with Gasteiger partial charge in [0.2, 0.25) is 5.91 Å². The van der Waals surface area contributed by atoms with Crippen molar-refractivity contribution in [3.05, 3.63) is 48.0 Å². The van der Waals surface area contributed by atoms with Gasteiger partial charge in [-0.25, -0.2) is 0 Å². The average Bonchev–Trinajstić information content (AvgIpc) is 2.80. The van der Waals surface area contributed by atoms with E-state index in [1.165, 1.54) is 0 Å². The molecule has 3 heteroatoms. The van der Waals surface area contributed by atoms with Crippen LogP contribution in [0.25, 0.3) is 11.1 Å². The number of nitrogens with one attached hydrogen (secondary N) is 1. The Kier molecular flexibility index (Phi) is 3.85. The van der Waals surface area contributed by atoms with Gasteiger partial charge in [0.1, 0.15) is 5.75 Å². The molecule has 0 aromatic heterocycles. The van der Waals surface area contributed by atoms with Gasteiger partial charge in [-0.1, -0.05) is 44.2 Å². The minimum Gasteiger partial charge on any atom is -0.507 e. The van der Waals surface area contributed by atoms with Crippen molar-refractivity contribution in [3.63, 3.8) is 0 Å². The lowest BCUT2D eigenvalue weighted by Crippen LogP contribution is -2.03. The van der Waals surface area contributed by atoms with E-state index in [2.05, 4.69) is 5.32 Å². The minimum absolute atomic E-state index is 0.0226. The van der Waals surface area contributed by atoms with Crippen molar-refractivity contribution in [1.29, 1.82) is 0 Å². The van der Waals surface area contributed by atoms with E-state index < -0.39 is 0 Å². The summed E-state index contributed by atoms with van der Waals surface area (Å²) in [6, 6.07) is 12.9. The average molecular weight is 255 g/mol. The molecule has 1 aliphatic rings. The van der Waals surface area contributed by atoms with Gasteiger partial charge < -0.3 is 10.4 Å². The molecular formula is C16H17NO2. The first-order chi connectivity index (χ1) is 9.24. The van der Waals surface area contributed by atoms with Crippen molar-refractivity contribution in [2.45, 2.75) is 20.3 Å². The molecule has 0 fully saturated rings. The molecule has 0 aliphatic carbocycles. The number of carbonyl (C=O) groups excluding carboxylic acids is 1. The molecule has 2 N–H and O–H groups in total. The SMILES string of the molecule is CC.O=C1Cc2ccc(-c3ccccc3O)cc2N1. The van der Waals surface area contributed by atoms with Gasteiger partial charge in [0.25, 0.3) is 0 Å². The Labute approximate surface area is 112 Å². The summed E-state index contributed by atoms with van der Waals surface area (Å²) in [6.45, 7) is 4.00. The van der Waals surface area contributed by atoms with Gasteiger partial charge in [0, 0.05) is 11.3 Å². The highest BCUT2D eigenvalue weighted by Gasteiger charge is 2.18. The van der Waals surface area contributed by atoms with Gasteiger partial charge in [-0.2, -0.15) is 0 Å². The predicted octanol–water partition coefficient (Wildman–Crippen LogP) is 3.58. The van der Waals surface area contributed by atoms with E-state index in [0.717, 1.165) is 22.4 Å². The number of carbonyl (C=O) groups is 1. The molecule has 2 aromatic rings. The number of fused-ring (bicyclic) bond motifs is 1. The number of benzene rings is 2. The summed E-state index contributed by atoms with van der Waals surface area (Å²) in [5.74, 6) is 0.270. The van der Waals surface area contributed by atoms with E-state index in [1.54, 1.807) is 12.1 Å². The van der Waals surface area contributed by atoms with Crippen molar-refractivity contribution < 1.29 is 9.90 Å². The molecule has 98 valence electrons. The number of anilines is 1. The van der Waals surface area contributed by atoms with Crippen molar-refractivity contribution in [2.75, 3.05) is 5.32 Å². The number of hydrogen-bond acceptors (Lipinski definition) is 2. The molecule has 19 heavy (non-hydrogen) atoms. The lowest BCUT2D eigenvalue weighted by Gasteiger charge is -2.06. The molecule has 3 nitrogen and oxygen atoms in total. The molecule has 1 heterocycles. The number of rotatable bonds is 1. The Morgan fingerprint density at radius 1 is 1.11 bits per heavy atom. The van der Waals surface area contributed by atoms with Crippen LogP contribution in [0.5, 0.6) is 5.75 Å². The van der Waals surface area contributed by atoms with Crippen LogP contribution in [-0.2, 0) is 11.2 Å². The number of aromatic hydroxyl groups is 1. The minimum atomic E-state index is 0.0226. The van der Waals surface area contributed by atoms with Crippen molar-refractivity contribution in [2.24, 2.45) is 0 Å². The van der Waals surface area contributed by atoms with Gasteiger partial charge >= 0.3 is 0 Å². The van der Waals surface area contributed by atoms with Crippen LogP contribution >= 0.6 is 0 Å². The number of para-hydroxylation sites is 1. The summed E-state index contributed by atoms with van der Waals surface area (Å²) in [5, 5.41) is 12.6. The molecule has 1 aliphatic heterocycles. The number of amides is 1. The van der Waals surface area contributed by atoms with Crippen LogP contribution in [0, 0.1) is 0 Å². The second-order valence-corrected chi connectivity index (χ2v) is 4.11. The van der Waals surface area contributed by atoms with E-state index in [4.69, 9.17) is 0 Å². The first kappa shape index (κ1) is 13.1. The Morgan fingerprint density at radius 2 is 1.84 bits per heavy atom. The zero-order valence-corrected chi connectivity index (χ0v) is 11.1. The number of hydrogen-bond donors (Lipinski definition) is 2. The molecule has 0 spiro atoms. The maximum absolute atomic E-state index is 11.3. The molecule has 0 saturated heterocycles. The number of phenols is 1. The Bertz CT molecular complexity index is 605. The summed E-state index contributed by atoms with van der Waals surface area (Å²) in [7, 11) is 0. The van der Waals surface area contributed by atoms with E-state index in [-0.39, 0.29) is 11.7 Å². The summed E-state index contributed by atoms with van der Waals surface area (Å²) in [6.07, 6.45) is 0.441. The van der Waals surface area contributed by atoms with Gasteiger partial charge in [0.05, 0.1) is 6.42 Å². The molecule has 0 unspecified atom stereocenters. The van der Waals surface area contributed by atoms with Crippen LogP contribution in [0.4, 0.5) is 5.69 Å². The highest BCUT2D eigenvalue weighted by atomic mass is 16.3. The molecule has 0 bridgehead atoms. The lowest BCUT2D eigenvalue weighted by molar-refractivity contribution is -0.115. The van der Waals surface area contributed by atoms with Crippen LogP contribution in [0.2, 0.25) is 0 Å². The van der Waals surface area contributed by atoms with E-state index in [1.807, 2.05) is 44.2 Å². The van der Waals surface area contributed by atoms with Crippen LogP contribution in [0.3, 0.4) is 0 Å². The van der Waals surface area contributed by atoms with Crippen LogP contribution < -0.4 is 5.32 Å². The van der Waals surface area contributed by atoms with Crippen LogP contribution in [0.15, 0.2) is 42.5 Å². The third-order valence-corrected chi connectivity index (χ3v) is 2.95. The summed E-state index contributed by atoms with van der Waals surface area (Å²) in [5.41, 5.74) is 3.53. The maximum Gasteiger partial charge on any atom is 0.228 e. The Balaban J connectivity index is 0.000000637. The molecule has 1 amide bonds. The predicted molar refractivity (Wildman–Crippen MR) is 77.2 cm³/mol. The van der Waals surface area contributed by atoms with Gasteiger partial charge in [-0.3, -0.25) is 4.79 Å². The highest BCUT2D eigenvalue weighted by Crippen LogP contribution is 2.33. The third kappa shape index (κ3) is 2.60. The molecule has 0 atom stereocenters. The lowest BCUT2D eigenvalue weighted by atomic mass is 10.0. The van der Waals surface area contributed by atoms with E-state index in [9.17, 15) is 9.90 Å². The van der Waals surface area contributed by atoms with Crippen LogP contribution in [0.1, 0.15) is 19.4 Å². The fourth-order valence-electron chi connectivity index (χ4n) is 2.10. The monoisotopic (exact) mass is 255 g/mol. The summed E-state index contributed by atoms with van der Waals surface area (Å²) < 4.78 is 0. The van der Waals surface area contributed by atoms with E-state index in [0.29, 0.717) is 6.42 Å². The second-order valence-electron chi connectivity index (χ2n) is 4.11. The van der Waals surface area contributed by atoms with Crippen molar-refractivity contribution >= 4 is 11.6 Å². The van der Waals surface area contributed by atoms with Gasteiger partial charge in [-0.05, 0) is 23.3 Å². The maximum atomic E-state index is 11.3. The quantitative estimate of drug-likeness (QED) is 0.818. The molecular weight excluding hydrogens is 238 g/mol. The summed E-state index contributed by atoms with van der Waals surface area (Å²) in [4.78, 5) is 11.3. The normalized spacial score (nSPS) is 12.2. The smallest absolute Gasteiger partial charge is 0.228 e. The van der Waals surface area contributed by atoms with E-state index >= 15 is 0 Å². The third-order valence-electron chi connectivity index (χ3n) is 2.95. The molecule has 3 rings (SSSR count). The number of phenolic OH excluding ortho intramolecular Hbond substituents is 1. The fraction of sp³-hybridized carbons (Fsp3) is 0.188. The molecule has 0 radical (unpaired) electrons.